The number of ether oxygens (including phenoxy) is 1. The predicted octanol–water partition coefficient (Wildman–Crippen LogP) is 1.93. The van der Waals surface area contributed by atoms with E-state index in [1.54, 1.807) is 12.1 Å². The highest BCUT2D eigenvalue weighted by Gasteiger charge is 2.17. The molecule has 1 aliphatic rings. The smallest absolute Gasteiger partial charge is 0.269 e. The van der Waals surface area contributed by atoms with Crippen LogP contribution in [0.3, 0.4) is 0 Å². The predicted molar refractivity (Wildman–Crippen MR) is 107 cm³/mol. The van der Waals surface area contributed by atoms with Crippen molar-refractivity contribution in [2.75, 3.05) is 39.4 Å². The summed E-state index contributed by atoms with van der Waals surface area (Å²) >= 11 is 0. The van der Waals surface area contributed by atoms with Crippen LogP contribution < -0.4 is 10.6 Å². The van der Waals surface area contributed by atoms with E-state index in [2.05, 4.69) is 34.0 Å². The second-order valence-electron chi connectivity index (χ2n) is 6.78. The van der Waals surface area contributed by atoms with Crippen LogP contribution in [0.2, 0.25) is 0 Å². The molecule has 0 aliphatic carbocycles. The molecule has 0 radical (unpaired) electrons. The summed E-state index contributed by atoms with van der Waals surface area (Å²) in [5.41, 5.74) is 2.01. The van der Waals surface area contributed by atoms with E-state index >= 15 is 0 Å². The van der Waals surface area contributed by atoms with Gasteiger partial charge >= 0.3 is 0 Å². The Bertz CT molecular complexity index is 654. The lowest BCUT2D eigenvalue weighted by Crippen LogP contribution is -2.49. The third-order valence-corrected chi connectivity index (χ3v) is 4.36. The van der Waals surface area contributed by atoms with E-state index in [-0.39, 0.29) is 5.69 Å². The standard InChI is InChI=1S/C19H29N5O3/c1-15(2)12-20-19(21-13-16(3)23-8-10-27-11-9-23)22-14-17-4-6-18(7-5-17)24(25)26/h4-7,16H,1,8-14H2,2-3H3,(H2,20,21,22). The van der Waals surface area contributed by atoms with Gasteiger partial charge in [-0.1, -0.05) is 24.3 Å². The number of hydrogen-bond acceptors (Lipinski definition) is 5. The van der Waals surface area contributed by atoms with Crippen LogP contribution in [-0.2, 0) is 11.3 Å². The summed E-state index contributed by atoms with van der Waals surface area (Å²) in [7, 11) is 0. The summed E-state index contributed by atoms with van der Waals surface area (Å²) in [5, 5.41) is 17.4. The third-order valence-electron chi connectivity index (χ3n) is 4.36. The van der Waals surface area contributed by atoms with Crippen LogP contribution in [0, 0.1) is 10.1 Å². The summed E-state index contributed by atoms with van der Waals surface area (Å²) in [6, 6.07) is 6.83. The van der Waals surface area contributed by atoms with Crippen molar-refractivity contribution < 1.29 is 9.66 Å². The average Bonchev–Trinajstić information content (AvgIpc) is 2.68. The first-order chi connectivity index (χ1) is 13.0. The molecule has 1 atom stereocenters. The molecule has 0 spiro atoms. The molecule has 27 heavy (non-hydrogen) atoms. The van der Waals surface area contributed by atoms with Gasteiger partial charge in [-0.25, -0.2) is 4.99 Å². The van der Waals surface area contributed by atoms with E-state index in [0.717, 1.165) is 44.0 Å². The van der Waals surface area contributed by atoms with E-state index in [1.807, 2.05) is 6.92 Å². The summed E-state index contributed by atoms with van der Waals surface area (Å²) in [6.07, 6.45) is 0. The number of guanidine groups is 1. The number of aliphatic imine (C=N–C) groups is 1. The van der Waals surface area contributed by atoms with Crippen molar-refractivity contribution in [1.29, 1.82) is 0 Å². The maximum absolute atomic E-state index is 10.7. The van der Waals surface area contributed by atoms with Gasteiger partial charge in [-0.15, -0.1) is 0 Å². The molecular weight excluding hydrogens is 346 g/mol. The molecule has 0 amide bonds. The lowest BCUT2D eigenvalue weighted by molar-refractivity contribution is -0.384. The van der Waals surface area contributed by atoms with Crippen LogP contribution in [0.25, 0.3) is 0 Å². The van der Waals surface area contributed by atoms with Crippen LogP contribution in [-0.4, -0.2) is 61.2 Å². The van der Waals surface area contributed by atoms with Crippen LogP contribution >= 0.6 is 0 Å². The zero-order valence-electron chi connectivity index (χ0n) is 16.1. The molecule has 1 aromatic rings. The Balaban J connectivity index is 1.93. The van der Waals surface area contributed by atoms with Crippen molar-refractivity contribution >= 4 is 11.6 Å². The Kier molecular flexibility index (Phi) is 8.22. The van der Waals surface area contributed by atoms with Gasteiger partial charge in [0.15, 0.2) is 5.96 Å². The molecular formula is C19H29N5O3. The number of hydrogen-bond donors (Lipinski definition) is 2. The number of rotatable bonds is 8. The second kappa shape index (κ2) is 10.6. The van der Waals surface area contributed by atoms with Gasteiger partial charge in [0.1, 0.15) is 0 Å². The number of benzene rings is 1. The molecule has 0 bridgehead atoms. The monoisotopic (exact) mass is 375 g/mol. The molecule has 1 aromatic carbocycles. The summed E-state index contributed by atoms with van der Waals surface area (Å²) in [4.78, 5) is 17.3. The minimum atomic E-state index is -0.401. The van der Waals surface area contributed by atoms with E-state index < -0.39 is 4.92 Å². The number of nitro benzene ring substituents is 1. The number of non-ortho nitro benzene ring substituents is 1. The van der Waals surface area contributed by atoms with Crippen molar-refractivity contribution in [3.05, 3.63) is 52.1 Å². The molecule has 2 rings (SSSR count). The van der Waals surface area contributed by atoms with E-state index in [0.29, 0.717) is 25.1 Å². The minimum absolute atomic E-state index is 0.0841. The van der Waals surface area contributed by atoms with Gasteiger partial charge < -0.3 is 15.4 Å². The Labute approximate surface area is 160 Å². The fourth-order valence-electron chi connectivity index (χ4n) is 2.69. The maximum atomic E-state index is 10.7. The Hall–Kier alpha value is -2.45. The van der Waals surface area contributed by atoms with Crippen LogP contribution in [0.15, 0.2) is 41.4 Å². The molecule has 1 fully saturated rings. The minimum Gasteiger partial charge on any atom is -0.379 e. The SMILES string of the molecule is C=C(C)CNC(=NCc1ccc([N+](=O)[O-])cc1)NCC(C)N1CCOCC1. The second-order valence-corrected chi connectivity index (χ2v) is 6.78. The zero-order chi connectivity index (χ0) is 19.6. The number of nitrogens with zero attached hydrogens (tertiary/aromatic N) is 3. The molecule has 0 saturated carbocycles. The van der Waals surface area contributed by atoms with Crippen LogP contribution in [0.1, 0.15) is 19.4 Å². The van der Waals surface area contributed by atoms with Crippen molar-refractivity contribution in [3.63, 3.8) is 0 Å². The van der Waals surface area contributed by atoms with E-state index in [9.17, 15) is 10.1 Å². The summed E-state index contributed by atoms with van der Waals surface area (Å²) < 4.78 is 5.40. The van der Waals surface area contributed by atoms with Gasteiger partial charge in [-0.3, -0.25) is 15.0 Å². The van der Waals surface area contributed by atoms with Gasteiger partial charge in [0.25, 0.3) is 5.69 Å². The van der Waals surface area contributed by atoms with Crippen molar-refractivity contribution in [2.24, 2.45) is 4.99 Å². The van der Waals surface area contributed by atoms with E-state index in [1.165, 1.54) is 12.1 Å². The van der Waals surface area contributed by atoms with Crippen LogP contribution in [0.4, 0.5) is 5.69 Å². The fraction of sp³-hybridized carbons (Fsp3) is 0.526. The largest absolute Gasteiger partial charge is 0.379 e. The molecule has 1 unspecified atom stereocenters. The molecule has 1 heterocycles. The third kappa shape index (κ3) is 7.36. The van der Waals surface area contributed by atoms with Crippen molar-refractivity contribution in [2.45, 2.75) is 26.4 Å². The Morgan fingerprint density at radius 2 is 2.00 bits per heavy atom. The Morgan fingerprint density at radius 3 is 2.59 bits per heavy atom. The molecule has 148 valence electrons. The topological polar surface area (TPSA) is 92.0 Å². The van der Waals surface area contributed by atoms with E-state index in [4.69, 9.17) is 4.74 Å². The van der Waals surface area contributed by atoms with Crippen LogP contribution in [0.5, 0.6) is 0 Å². The lowest BCUT2D eigenvalue weighted by atomic mass is 10.2. The van der Waals surface area contributed by atoms with Gasteiger partial charge in [0.2, 0.25) is 0 Å². The van der Waals surface area contributed by atoms with Crippen molar-refractivity contribution in [3.8, 4) is 0 Å². The highest BCUT2D eigenvalue weighted by atomic mass is 16.6. The van der Waals surface area contributed by atoms with Gasteiger partial charge in [0, 0.05) is 44.4 Å². The first-order valence-electron chi connectivity index (χ1n) is 9.17. The van der Waals surface area contributed by atoms with Gasteiger partial charge in [-0.05, 0) is 19.4 Å². The van der Waals surface area contributed by atoms with Gasteiger partial charge in [0.05, 0.1) is 24.7 Å². The average molecular weight is 375 g/mol. The summed E-state index contributed by atoms with van der Waals surface area (Å²) in [5.74, 6) is 0.705. The number of morpholine rings is 1. The van der Waals surface area contributed by atoms with Crippen molar-refractivity contribution in [1.82, 2.24) is 15.5 Å². The lowest BCUT2D eigenvalue weighted by Gasteiger charge is -2.32. The first-order valence-corrected chi connectivity index (χ1v) is 9.17. The number of nitro groups is 1. The van der Waals surface area contributed by atoms with Gasteiger partial charge in [-0.2, -0.15) is 0 Å². The molecule has 2 N–H and O–H groups in total. The Morgan fingerprint density at radius 1 is 1.33 bits per heavy atom. The maximum Gasteiger partial charge on any atom is 0.269 e. The normalized spacial score (nSPS) is 16.6. The molecule has 0 aromatic heterocycles. The number of nitrogens with one attached hydrogen (secondary N) is 2. The highest BCUT2D eigenvalue weighted by Crippen LogP contribution is 2.12. The molecule has 1 aliphatic heterocycles. The molecule has 8 nitrogen and oxygen atoms in total. The zero-order valence-corrected chi connectivity index (χ0v) is 16.1. The highest BCUT2D eigenvalue weighted by molar-refractivity contribution is 5.80. The molecule has 1 saturated heterocycles. The quantitative estimate of drug-likeness (QED) is 0.237. The fourth-order valence-corrected chi connectivity index (χ4v) is 2.69. The summed E-state index contributed by atoms with van der Waals surface area (Å²) in [6.45, 7) is 13.3. The first kappa shape index (κ1) is 20.9. The molecule has 8 heteroatoms.